The van der Waals surface area contributed by atoms with Gasteiger partial charge in [0.15, 0.2) is 0 Å². The van der Waals surface area contributed by atoms with Crippen molar-refractivity contribution in [3.8, 4) is 16.9 Å². The van der Waals surface area contributed by atoms with Crippen LogP contribution in [0.5, 0.6) is 5.75 Å². The standard InChI is InChI=1S/C19H26N2O4S/c1-12(26(20,23)24)9-13-10-17(25-5)16(19(2,3)4)11-15(13)14-7-6-8-21-18(14)22/h6-8,10-12H,9H2,1-5H3,(H,21,22)(H2,20,23,24). The van der Waals surface area contributed by atoms with E-state index in [1.807, 2.05) is 12.1 Å². The summed E-state index contributed by atoms with van der Waals surface area (Å²) in [6.07, 6.45) is 1.75. The summed E-state index contributed by atoms with van der Waals surface area (Å²) < 4.78 is 29.0. The minimum Gasteiger partial charge on any atom is -0.496 e. The number of hydrogen-bond donors (Lipinski definition) is 2. The Morgan fingerprint density at radius 3 is 2.38 bits per heavy atom. The highest BCUT2D eigenvalue weighted by Crippen LogP contribution is 2.37. The van der Waals surface area contributed by atoms with E-state index in [0.717, 1.165) is 5.56 Å². The number of methoxy groups -OCH3 is 1. The van der Waals surface area contributed by atoms with Crippen molar-refractivity contribution >= 4 is 10.0 Å². The Morgan fingerprint density at radius 1 is 1.23 bits per heavy atom. The molecule has 0 aliphatic heterocycles. The summed E-state index contributed by atoms with van der Waals surface area (Å²) in [4.78, 5) is 15.0. The lowest BCUT2D eigenvalue weighted by atomic mass is 9.82. The predicted octanol–water partition coefficient (Wildman–Crippen LogP) is 2.57. The highest BCUT2D eigenvalue weighted by molar-refractivity contribution is 7.89. The van der Waals surface area contributed by atoms with Crippen molar-refractivity contribution in [1.29, 1.82) is 0 Å². The molecule has 142 valence electrons. The van der Waals surface area contributed by atoms with Crippen LogP contribution in [0.4, 0.5) is 0 Å². The average Bonchev–Trinajstić information content (AvgIpc) is 2.53. The van der Waals surface area contributed by atoms with Crippen molar-refractivity contribution < 1.29 is 13.2 Å². The monoisotopic (exact) mass is 378 g/mol. The van der Waals surface area contributed by atoms with Gasteiger partial charge >= 0.3 is 0 Å². The zero-order valence-corrected chi connectivity index (χ0v) is 16.6. The second kappa shape index (κ2) is 7.25. The average molecular weight is 378 g/mol. The number of benzene rings is 1. The van der Waals surface area contributed by atoms with Crippen LogP contribution in [-0.4, -0.2) is 25.8 Å². The number of rotatable bonds is 5. The van der Waals surface area contributed by atoms with Gasteiger partial charge in [0.25, 0.3) is 5.56 Å². The molecule has 1 heterocycles. The highest BCUT2D eigenvalue weighted by Gasteiger charge is 2.25. The van der Waals surface area contributed by atoms with Gasteiger partial charge in [-0.25, -0.2) is 13.6 Å². The van der Waals surface area contributed by atoms with Gasteiger partial charge in [0.05, 0.1) is 12.4 Å². The zero-order valence-electron chi connectivity index (χ0n) is 15.8. The van der Waals surface area contributed by atoms with Crippen LogP contribution < -0.4 is 15.4 Å². The fourth-order valence-electron chi connectivity index (χ4n) is 2.86. The molecule has 0 saturated heterocycles. The Morgan fingerprint density at radius 2 is 1.88 bits per heavy atom. The van der Waals surface area contributed by atoms with E-state index in [0.29, 0.717) is 22.4 Å². The molecule has 0 amide bonds. The molecule has 26 heavy (non-hydrogen) atoms. The number of primary sulfonamides is 1. The van der Waals surface area contributed by atoms with E-state index in [1.54, 1.807) is 32.4 Å². The molecule has 0 radical (unpaired) electrons. The summed E-state index contributed by atoms with van der Waals surface area (Å²) in [7, 11) is -2.12. The van der Waals surface area contributed by atoms with Crippen LogP contribution in [0.25, 0.3) is 11.1 Å². The lowest BCUT2D eigenvalue weighted by Crippen LogP contribution is -2.28. The van der Waals surface area contributed by atoms with Crippen molar-refractivity contribution in [2.24, 2.45) is 5.14 Å². The number of nitrogens with two attached hydrogens (primary N) is 1. The molecule has 0 aliphatic rings. The maximum Gasteiger partial charge on any atom is 0.255 e. The van der Waals surface area contributed by atoms with Gasteiger partial charge in [0.1, 0.15) is 5.75 Å². The summed E-state index contributed by atoms with van der Waals surface area (Å²) >= 11 is 0. The van der Waals surface area contributed by atoms with Crippen LogP contribution in [0.1, 0.15) is 38.8 Å². The van der Waals surface area contributed by atoms with Gasteiger partial charge in [0, 0.05) is 17.3 Å². The Kier molecular flexibility index (Phi) is 5.63. The third kappa shape index (κ3) is 4.34. The molecule has 0 spiro atoms. The number of pyridine rings is 1. The molecule has 0 saturated carbocycles. The first-order valence-electron chi connectivity index (χ1n) is 8.36. The van der Waals surface area contributed by atoms with Gasteiger partial charge in [-0.2, -0.15) is 0 Å². The summed E-state index contributed by atoms with van der Waals surface area (Å²) in [6, 6.07) is 7.18. The predicted molar refractivity (Wildman–Crippen MR) is 104 cm³/mol. The molecule has 1 unspecified atom stereocenters. The highest BCUT2D eigenvalue weighted by atomic mass is 32.2. The second-order valence-corrected chi connectivity index (χ2v) is 9.46. The second-order valence-electron chi connectivity index (χ2n) is 7.48. The molecular weight excluding hydrogens is 352 g/mol. The van der Waals surface area contributed by atoms with Crippen molar-refractivity contribution in [2.75, 3.05) is 7.11 Å². The molecule has 1 atom stereocenters. The van der Waals surface area contributed by atoms with Crippen LogP contribution in [0, 0.1) is 0 Å². The molecule has 2 rings (SSSR count). The number of ether oxygens (including phenoxy) is 1. The fraction of sp³-hybridized carbons (Fsp3) is 0.421. The van der Waals surface area contributed by atoms with Crippen molar-refractivity contribution in [3.63, 3.8) is 0 Å². The normalized spacial score (nSPS) is 13.5. The van der Waals surface area contributed by atoms with Crippen molar-refractivity contribution in [1.82, 2.24) is 4.98 Å². The molecule has 0 bridgehead atoms. The molecule has 6 nitrogen and oxygen atoms in total. The van der Waals surface area contributed by atoms with E-state index in [-0.39, 0.29) is 17.4 Å². The van der Waals surface area contributed by atoms with Gasteiger partial charge < -0.3 is 9.72 Å². The van der Waals surface area contributed by atoms with E-state index < -0.39 is 15.3 Å². The fourth-order valence-corrected chi connectivity index (χ4v) is 3.27. The number of sulfonamides is 1. The summed E-state index contributed by atoms with van der Waals surface area (Å²) in [5, 5.41) is 4.51. The number of aromatic amines is 1. The molecule has 1 aromatic carbocycles. The van der Waals surface area contributed by atoms with E-state index >= 15 is 0 Å². The minimum atomic E-state index is -3.69. The first-order chi connectivity index (χ1) is 11.9. The van der Waals surface area contributed by atoms with Gasteiger partial charge in [-0.3, -0.25) is 4.79 Å². The smallest absolute Gasteiger partial charge is 0.255 e. The molecule has 7 heteroatoms. The number of aromatic nitrogens is 1. The van der Waals surface area contributed by atoms with E-state index in [9.17, 15) is 13.2 Å². The lowest BCUT2D eigenvalue weighted by molar-refractivity contribution is 0.397. The minimum absolute atomic E-state index is 0.184. The van der Waals surface area contributed by atoms with Gasteiger partial charge in [-0.1, -0.05) is 20.8 Å². The Hall–Kier alpha value is -2.12. The first kappa shape index (κ1) is 20.2. The Bertz CT molecular complexity index is 956. The quantitative estimate of drug-likeness (QED) is 0.834. The molecule has 2 aromatic rings. The van der Waals surface area contributed by atoms with Crippen LogP contribution >= 0.6 is 0 Å². The first-order valence-corrected chi connectivity index (χ1v) is 9.97. The Balaban J connectivity index is 2.77. The van der Waals surface area contributed by atoms with Gasteiger partial charge in [0.2, 0.25) is 10.0 Å². The number of hydrogen-bond acceptors (Lipinski definition) is 4. The molecule has 3 N–H and O–H groups in total. The van der Waals surface area contributed by atoms with Crippen LogP contribution in [0.2, 0.25) is 0 Å². The third-order valence-corrected chi connectivity index (χ3v) is 5.70. The van der Waals surface area contributed by atoms with Crippen LogP contribution in [0.3, 0.4) is 0 Å². The largest absolute Gasteiger partial charge is 0.496 e. The maximum absolute atomic E-state index is 12.3. The van der Waals surface area contributed by atoms with E-state index in [4.69, 9.17) is 9.88 Å². The topological polar surface area (TPSA) is 102 Å². The lowest BCUT2D eigenvalue weighted by Gasteiger charge is -2.25. The molecular formula is C19H26N2O4S. The van der Waals surface area contributed by atoms with E-state index in [1.165, 1.54) is 0 Å². The maximum atomic E-state index is 12.3. The summed E-state index contributed by atoms with van der Waals surface area (Å²) in [5.74, 6) is 0.658. The number of H-pyrrole nitrogens is 1. The van der Waals surface area contributed by atoms with Crippen molar-refractivity contribution in [3.05, 3.63) is 51.9 Å². The van der Waals surface area contributed by atoms with Gasteiger partial charge in [-0.05, 0) is 54.2 Å². The van der Waals surface area contributed by atoms with Crippen molar-refractivity contribution in [2.45, 2.75) is 44.8 Å². The van der Waals surface area contributed by atoms with E-state index in [2.05, 4.69) is 25.8 Å². The van der Waals surface area contributed by atoms with Crippen LogP contribution in [-0.2, 0) is 21.9 Å². The van der Waals surface area contributed by atoms with Crippen LogP contribution in [0.15, 0.2) is 35.3 Å². The third-order valence-electron chi connectivity index (χ3n) is 4.41. The SMILES string of the molecule is COc1cc(CC(C)S(N)(=O)=O)c(-c2ccc[nH]c2=O)cc1C(C)(C)C. The van der Waals surface area contributed by atoms with Gasteiger partial charge in [-0.15, -0.1) is 0 Å². The summed E-state index contributed by atoms with van der Waals surface area (Å²) in [6.45, 7) is 7.71. The molecule has 0 fully saturated rings. The molecule has 1 aromatic heterocycles. The molecule has 0 aliphatic carbocycles. The summed E-state index contributed by atoms with van der Waals surface area (Å²) in [5.41, 5.74) is 2.36. The zero-order chi connectivity index (χ0) is 19.7. The Labute approximate surface area is 154 Å². The number of nitrogens with one attached hydrogen (secondary N) is 1.